The van der Waals surface area contributed by atoms with E-state index in [1.165, 1.54) is 0 Å². The van der Waals surface area contributed by atoms with Crippen molar-refractivity contribution >= 4 is 0 Å². The first-order chi connectivity index (χ1) is 13.0. The van der Waals surface area contributed by atoms with E-state index in [1.54, 1.807) is 0 Å². The summed E-state index contributed by atoms with van der Waals surface area (Å²) in [5.41, 5.74) is -6.14. The Kier molecular flexibility index (Phi) is 10.9. The summed E-state index contributed by atoms with van der Waals surface area (Å²) < 4.78 is 99.5. The van der Waals surface area contributed by atoms with E-state index in [0.29, 0.717) is 32.3 Å². The molecule has 10 heteroatoms. The van der Waals surface area contributed by atoms with Crippen LogP contribution in [0.1, 0.15) is 72.6 Å². The number of halogens is 7. The first kappa shape index (κ1) is 28.4. The second-order valence-electron chi connectivity index (χ2n) is 8.40. The Bertz CT molecular complexity index is 446. The smallest absolute Gasteiger partial charge is 0.396 e. The molecule has 0 aromatic carbocycles. The number of alkyl halides is 7. The van der Waals surface area contributed by atoms with Crippen LogP contribution in [0.25, 0.3) is 0 Å². The zero-order valence-corrected chi connectivity index (χ0v) is 17.5. The number of aliphatic hydroxyl groups excluding tert-OH is 1. The molecule has 176 valence electrons. The van der Waals surface area contributed by atoms with E-state index in [1.807, 2.05) is 27.7 Å². The van der Waals surface area contributed by atoms with Gasteiger partial charge in [-0.05, 0) is 59.8 Å². The van der Waals surface area contributed by atoms with Gasteiger partial charge in [0.15, 0.2) is 0 Å². The van der Waals surface area contributed by atoms with Crippen molar-refractivity contribution in [3.8, 4) is 0 Å². The SMILES string of the molecule is CC(C)(CCO)OCCC(C)(C)OCCCCCCC(F)(C(F)(F)F)C(F)(F)F. The van der Waals surface area contributed by atoms with Crippen molar-refractivity contribution in [1.82, 2.24) is 0 Å². The average molecular weight is 442 g/mol. The van der Waals surface area contributed by atoms with Gasteiger partial charge in [0, 0.05) is 13.2 Å². The van der Waals surface area contributed by atoms with Gasteiger partial charge < -0.3 is 14.6 Å². The predicted octanol–water partition coefficient (Wildman–Crippen LogP) is 6.13. The molecule has 0 aromatic rings. The van der Waals surface area contributed by atoms with Crippen molar-refractivity contribution in [2.45, 2.75) is 102 Å². The van der Waals surface area contributed by atoms with Crippen LogP contribution < -0.4 is 0 Å². The molecule has 0 aromatic heterocycles. The first-order valence-corrected chi connectivity index (χ1v) is 9.69. The lowest BCUT2D eigenvalue weighted by atomic mass is 9.96. The minimum Gasteiger partial charge on any atom is -0.396 e. The third-order valence-electron chi connectivity index (χ3n) is 4.72. The van der Waals surface area contributed by atoms with Gasteiger partial charge in [0.2, 0.25) is 0 Å². The Morgan fingerprint density at radius 3 is 1.52 bits per heavy atom. The molecule has 0 fully saturated rings. The normalized spacial score (nSPS) is 14.5. The Hall–Kier alpha value is -0.610. The van der Waals surface area contributed by atoms with Gasteiger partial charge in [0.05, 0.1) is 17.8 Å². The number of hydrogen-bond donors (Lipinski definition) is 1. The van der Waals surface area contributed by atoms with Crippen molar-refractivity contribution < 1.29 is 45.3 Å². The zero-order valence-electron chi connectivity index (χ0n) is 17.5. The minimum atomic E-state index is -5.98. The van der Waals surface area contributed by atoms with Gasteiger partial charge in [0.1, 0.15) is 0 Å². The van der Waals surface area contributed by atoms with E-state index in [4.69, 9.17) is 14.6 Å². The quantitative estimate of drug-likeness (QED) is 0.260. The minimum absolute atomic E-state index is 0.0162. The maximum absolute atomic E-state index is 13.5. The van der Waals surface area contributed by atoms with Gasteiger partial charge >= 0.3 is 12.4 Å². The van der Waals surface area contributed by atoms with E-state index in [0.717, 1.165) is 0 Å². The molecule has 0 atom stereocenters. The molecule has 29 heavy (non-hydrogen) atoms. The van der Waals surface area contributed by atoms with E-state index in [-0.39, 0.29) is 19.6 Å². The monoisotopic (exact) mass is 442 g/mol. The molecule has 1 N–H and O–H groups in total. The van der Waals surface area contributed by atoms with Crippen molar-refractivity contribution in [2.24, 2.45) is 0 Å². The molecule has 0 bridgehead atoms. The average Bonchev–Trinajstić information content (AvgIpc) is 2.50. The van der Waals surface area contributed by atoms with Crippen LogP contribution in [0.5, 0.6) is 0 Å². The summed E-state index contributed by atoms with van der Waals surface area (Å²) in [5.74, 6) is 0. The third kappa shape index (κ3) is 10.3. The standard InChI is InChI=1S/C19H33F7O3/c1-15(2,10-12-27)29-14-11-16(3,4)28-13-8-6-5-7-9-17(20,18(21,22)23)19(24,25)26/h27H,5-14H2,1-4H3. The molecular weight excluding hydrogens is 409 g/mol. The van der Waals surface area contributed by atoms with E-state index in [2.05, 4.69) is 0 Å². The van der Waals surface area contributed by atoms with Crippen LogP contribution in [-0.4, -0.2) is 54.2 Å². The van der Waals surface area contributed by atoms with Crippen LogP contribution in [0.2, 0.25) is 0 Å². The van der Waals surface area contributed by atoms with Gasteiger partial charge in [-0.3, -0.25) is 0 Å². The molecular formula is C19H33F7O3. The molecule has 0 aliphatic heterocycles. The van der Waals surface area contributed by atoms with Gasteiger partial charge in [-0.1, -0.05) is 12.8 Å². The Morgan fingerprint density at radius 1 is 0.586 bits per heavy atom. The number of aliphatic hydroxyl groups is 1. The molecule has 0 saturated heterocycles. The fourth-order valence-corrected chi connectivity index (χ4v) is 2.60. The molecule has 0 radical (unpaired) electrons. The first-order valence-electron chi connectivity index (χ1n) is 9.69. The summed E-state index contributed by atoms with van der Waals surface area (Å²) in [6, 6.07) is 0. The van der Waals surface area contributed by atoms with Crippen LogP contribution >= 0.6 is 0 Å². The van der Waals surface area contributed by atoms with Crippen LogP contribution in [0.3, 0.4) is 0 Å². The molecule has 3 nitrogen and oxygen atoms in total. The molecule has 0 spiro atoms. The summed E-state index contributed by atoms with van der Waals surface area (Å²) in [6.45, 7) is 8.13. The molecule has 0 rings (SSSR count). The molecule has 0 unspecified atom stereocenters. The van der Waals surface area contributed by atoms with E-state index < -0.39 is 42.1 Å². The Balaban J connectivity index is 4.12. The van der Waals surface area contributed by atoms with Gasteiger partial charge in [-0.2, -0.15) is 26.3 Å². The van der Waals surface area contributed by atoms with Gasteiger partial charge in [-0.25, -0.2) is 4.39 Å². The highest BCUT2D eigenvalue weighted by atomic mass is 19.4. The third-order valence-corrected chi connectivity index (χ3v) is 4.72. The van der Waals surface area contributed by atoms with Crippen LogP contribution in [0, 0.1) is 0 Å². The van der Waals surface area contributed by atoms with Crippen molar-refractivity contribution in [3.05, 3.63) is 0 Å². The number of ether oxygens (including phenoxy) is 2. The number of rotatable bonds is 14. The van der Waals surface area contributed by atoms with Crippen molar-refractivity contribution in [2.75, 3.05) is 19.8 Å². The van der Waals surface area contributed by atoms with E-state index >= 15 is 0 Å². The molecule has 0 saturated carbocycles. The fraction of sp³-hybridized carbons (Fsp3) is 1.00. The van der Waals surface area contributed by atoms with Gasteiger partial charge in [0.25, 0.3) is 5.67 Å². The molecule has 0 amide bonds. The summed E-state index contributed by atoms with van der Waals surface area (Å²) in [7, 11) is 0. The number of hydrogen-bond acceptors (Lipinski definition) is 3. The summed E-state index contributed by atoms with van der Waals surface area (Å²) in [5, 5.41) is 8.95. The highest BCUT2D eigenvalue weighted by Gasteiger charge is 2.71. The largest absolute Gasteiger partial charge is 0.431 e. The second-order valence-corrected chi connectivity index (χ2v) is 8.40. The van der Waals surface area contributed by atoms with Gasteiger partial charge in [-0.15, -0.1) is 0 Å². The molecule has 0 aliphatic rings. The summed E-state index contributed by atoms with van der Waals surface area (Å²) >= 11 is 0. The van der Waals surface area contributed by atoms with Crippen molar-refractivity contribution in [3.63, 3.8) is 0 Å². The Labute approximate surface area is 167 Å². The zero-order chi connectivity index (χ0) is 23.0. The number of unbranched alkanes of at least 4 members (excludes halogenated alkanes) is 3. The fourth-order valence-electron chi connectivity index (χ4n) is 2.60. The maximum atomic E-state index is 13.5. The highest BCUT2D eigenvalue weighted by molar-refractivity contribution is 4.94. The Morgan fingerprint density at radius 2 is 1.03 bits per heavy atom. The molecule has 0 aliphatic carbocycles. The highest BCUT2D eigenvalue weighted by Crippen LogP contribution is 2.49. The van der Waals surface area contributed by atoms with Crippen LogP contribution in [0.4, 0.5) is 30.7 Å². The molecule has 0 heterocycles. The maximum Gasteiger partial charge on any atom is 0.431 e. The lowest BCUT2D eigenvalue weighted by Crippen LogP contribution is -2.53. The van der Waals surface area contributed by atoms with E-state index in [9.17, 15) is 30.7 Å². The summed E-state index contributed by atoms with van der Waals surface area (Å²) in [6.07, 6.45) is -12.2. The lowest BCUT2D eigenvalue weighted by Gasteiger charge is -2.30. The summed E-state index contributed by atoms with van der Waals surface area (Å²) in [4.78, 5) is 0. The predicted molar refractivity (Wildman–Crippen MR) is 95.4 cm³/mol. The van der Waals surface area contributed by atoms with Crippen LogP contribution in [-0.2, 0) is 9.47 Å². The second kappa shape index (κ2) is 11.1. The topological polar surface area (TPSA) is 38.7 Å². The lowest BCUT2D eigenvalue weighted by molar-refractivity contribution is -0.343. The van der Waals surface area contributed by atoms with Crippen LogP contribution in [0.15, 0.2) is 0 Å². The van der Waals surface area contributed by atoms with Crippen molar-refractivity contribution in [1.29, 1.82) is 0 Å².